The third-order valence-corrected chi connectivity index (χ3v) is 4.86. The molecule has 6 heteroatoms. The molecular weight excluding hydrogens is 209 g/mol. The molecule has 0 aliphatic heterocycles. The Kier molecular flexibility index (Phi) is 3.86. The second-order valence-corrected chi connectivity index (χ2v) is 7.00. The minimum absolute atomic E-state index is 0.0841. The second-order valence-electron chi connectivity index (χ2n) is 3.61. The summed E-state index contributed by atoms with van der Waals surface area (Å²) in [7, 11) is 0. The Morgan fingerprint density at radius 1 is 1.31 bits per heavy atom. The summed E-state index contributed by atoms with van der Waals surface area (Å²) in [4.78, 5) is 18.7. The van der Waals surface area contributed by atoms with E-state index in [1.807, 2.05) is 0 Å². The molecule has 1 aliphatic carbocycles. The van der Waals surface area contributed by atoms with Gasteiger partial charge in [-0.3, -0.25) is 0 Å². The molecule has 0 amide bonds. The van der Waals surface area contributed by atoms with Gasteiger partial charge in [0.1, 0.15) is 6.23 Å². The Morgan fingerprint density at radius 3 is 2.08 bits per heavy atom. The summed E-state index contributed by atoms with van der Waals surface area (Å²) < 4.78 is 0. The Balaban J connectivity index is 2.73. The highest BCUT2D eigenvalue weighted by molar-refractivity contribution is 8.09. The molecule has 2 unspecified atom stereocenters. The molecule has 1 saturated carbocycles. The van der Waals surface area contributed by atoms with Crippen LogP contribution in [0.5, 0.6) is 0 Å². The summed E-state index contributed by atoms with van der Waals surface area (Å²) >= 11 is 4.60. The highest BCUT2D eigenvalue weighted by Gasteiger charge is 2.37. The first-order valence-corrected chi connectivity index (χ1v) is 7.19. The fourth-order valence-electron chi connectivity index (χ4n) is 2.05. The van der Waals surface area contributed by atoms with E-state index in [0.29, 0.717) is 0 Å². The Hall–Kier alpha value is 0.490. The van der Waals surface area contributed by atoms with Crippen molar-refractivity contribution in [2.45, 2.75) is 37.6 Å². The zero-order valence-electron chi connectivity index (χ0n) is 7.33. The van der Waals surface area contributed by atoms with E-state index in [4.69, 9.17) is 5.73 Å². The summed E-state index contributed by atoms with van der Waals surface area (Å²) in [5.41, 5.74) is 4.60. The molecule has 78 valence electrons. The fourth-order valence-corrected chi connectivity index (χ4v) is 4.19. The van der Waals surface area contributed by atoms with Gasteiger partial charge in [0.25, 0.3) is 0 Å². The quantitative estimate of drug-likeness (QED) is 0.405. The largest absolute Gasteiger partial charge is 0.378 e. The SMILES string of the molecule is NC(O)C(C1CCCC1)P(O)(O)=S. The van der Waals surface area contributed by atoms with Crippen molar-refractivity contribution in [1.29, 1.82) is 0 Å². The third kappa shape index (κ3) is 2.98. The molecule has 0 aromatic heterocycles. The fraction of sp³-hybridized carbons (Fsp3) is 1.00. The molecule has 1 aliphatic rings. The van der Waals surface area contributed by atoms with Crippen LogP contribution in [0.15, 0.2) is 0 Å². The normalized spacial score (nSPS) is 24.6. The minimum Gasteiger partial charge on any atom is -0.378 e. The summed E-state index contributed by atoms with van der Waals surface area (Å²) in [5.74, 6) is 0.0841. The first-order chi connectivity index (χ1) is 5.93. The van der Waals surface area contributed by atoms with E-state index in [2.05, 4.69) is 11.8 Å². The lowest BCUT2D eigenvalue weighted by molar-refractivity contribution is 0.146. The topological polar surface area (TPSA) is 86.7 Å². The first-order valence-electron chi connectivity index (χ1n) is 4.42. The van der Waals surface area contributed by atoms with Crippen LogP contribution in [0, 0.1) is 5.92 Å². The molecule has 1 fully saturated rings. The summed E-state index contributed by atoms with van der Waals surface area (Å²) in [6, 6.07) is 0. The smallest absolute Gasteiger partial charge is 0.190 e. The zero-order valence-corrected chi connectivity index (χ0v) is 9.05. The van der Waals surface area contributed by atoms with Crippen LogP contribution < -0.4 is 5.73 Å². The maximum atomic E-state index is 9.35. The van der Waals surface area contributed by atoms with E-state index in [-0.39, 0.29) is 5.92 Å². The molecule has 0 aromatic carbocycles. The number of rotatable bonds is 3. The molecule has 0 saturated heterocycles. The number of hydrogen-bond acceptors (Lipinski definition) is 3. The van der Waals surface area contributed by atoms with E-state index in [0.717, 1.165) is 25.7 Å². The molecule has 0 radical (unpaired) electrons. The predicted octanol–water partition coefficient (Wildman–Crippen LogP) is 0.116. The van der Waals surface area contributed by atoms with Gasteiger partial charge in [-0.2, -0.15) is 0 Å². The average Bonchev–Trinajstić information content (AvgIpc) is 2.34. The molecule has 0 heterocycles. The molecule has 0 aromatic rings. The van der Waals surface area contributed by atoms with Crippen molar-refractivity contribution in [3.05, 3.63) is 0 Å². The van der Waals surface area contributed by atoms with Crippen molar-refractivity contribution in [2.75, 3.05) is 0 Å². The van der Waals surface area contributed by atoms with Gasteiger partial charge in [0.15, 0.2) is 6.49 Å². The van der Waals surface area contributed by atoms with Crippen molar-refractivity contribution in [2.24, 2.45) is 11.7 Å². The maximum Gasteiger partial charge on any atom is 0.190 e. The number of nitrogens with two attached hydrogens (primary N) is 1. The molecular formula is C7H16NO3PS. The summed E-state index contributed by atoms with van der Waals surface area (Å²) in [5, 5.41) is 9.23. The molecule has 2 atom stereocenters. The highest BCUT2D eigenvalue weighted by atomic mass is 32.5. The van der Waals surface area contributed by atoms with Crippen LogP contribution in [0.3, 0.4) is 0 Å². The Labute approximate surface area is 82.9 Å². The van der Waals surface area contributed by atoms with Gasteiger partial charge < -0.3 is 20.6 Å². The standard InChI is InChI=1S/C7H16NO3PS/c8-7(9)6(12(10,11)13)5-3-1-2-4-5/h5-7,9H,1-4,8H2,(H2,10,11,13). The number of aliphatic hydroxyl groups is 1. The first kappa shape index (κ1) is 11.6. The molecule has 13 heavy (non-hydrogen) atoms. The third-order valence-electron chi connectivity index (χ3n) is 2.62. The number of hydrogen-bond donors (Lipinski definition) is 4. The van der Waals surface area contributed by atoms with Crippen molar-refractivity contribution < 1.29 is 14.9 Å². The van der Waals surface area contributed by atoms with Gasteiger partial charge in [0, 0.05) is 0 Å². The van der Waals surface area contributed by atoms with Crippen molar-refractivity contribution >= 4 is 18.3 Å². The summed E-state index contributed by atoms with van der Waals surface area (Å²) in [6.07, 6.45) is 2.69. The van der Waals surface area contributed by atoms with Crippen LogP contribution in [-0.4, -0.2) is 26.8 Å². The van der Waals surface area contributed by atoms with Crippen LogP contribution in [0.25, 0.3) is 0 Å². The molecule has 0 spiro atoms. The lowest BCUT2D eigenvalue weighted by atomic mass is 10.0. The van der Waals surface area contributed by atoms with Crippen LogP contribution in [0.1, 0.15) is 25.7 Å². The molecule has 4 nitrogen and oxygen atoms in total. The van der Waals surface area contributed by atoms with Gasteiger partial charge >= 0.3 is 0 Å². The Bertz CT molecular complexity index is 212. The zero-order chi connectivity index (χ0) is 10.1. The maximum absolute atomic E-state index is 9.35. The van der Waals surface area contributed by atoms with Crippen molar-refractivity contribution in [3.8, 4) is 0 Å². The molecule has 0 bridgehead atoms. The van der Waals surface area contributed by atoms with Gasteiger partial charge in [-0.15, -0.1) is 0 Å². The van der Waals surface area contributed by atoms with Crippen molar-refractivity contribution in [1.82, 2.24) is 0 Å². The van der Waals surface area contributed by atoms with Gasteiger partial charge in [-0.1, -0.05) is 12.8 Å². The monoisotopic (exact) mass is 225 g/mol. The predicted molar refractivity (Wildman–Crippen MR) is 54.7 cm³/mol. The highest BCUT2D eigenvalue weighted by Crippen LogP contribution is 2.50. The molecule has 1 rings (SSSR count). The van der Waals surface area contributed by atoms with Crippen LogP contribution in [-0.2, 0) is 11.8 Å². The van der Waals surface area contributed by atoms with Crippen LogP contribution in [0.2, 0.25) is 0 Å². The van der Waals surface area contributed by atoms with Crippen molar-refractivity contribution in [3.63, 3.8) is 0 Å². The summed E-state index contributed by atoms with van der Waals surface area (Å²) in [6.45, 7) is -3.42. The lowest BCUT2D eigenvalue weighted by Gasteiger charge is -2.28. The number of aliphatic hydroxyl groups excluding tert-OH is 1. The van der Waals surface area contributed by atoms with Crippen LogP contribution in [0.4, 0.5) is 0 Å². The van der Waals surface area contributed by atoms with E-state index in [1.165, 1.54) is 0 Å². The average molecular weight is 225 g/mol. The van der Waals surface area contributed by atoms with E-state index in [9.17, 15) is 14.9 Å². The molecule has 5 N–H and O–H groups in total. The van der Waals surface area contributed by atoms with Gasteiger partial charge in [-0.25, -0.2) is 0 Å². The van der Waals surface area contributed by atoms with E-state index < -0.39 is 18.4 Å². The van der Waals surface area contributed by atoms with E-state index in [1.54, 1.807) is 0 Å². The second kappa shape index (κ2) is 4.34. The van der Waals surface area contributed by atoms with Gasteiger partial charge in [0.05, 0.1) is 5.66 Å². The van der Waals surface area contributed by atoms with Crippen LogP contribution >= 0.6 is 6.49 Å². The lowest BCUT2D eigenvalue weighted by Crippen LogP contribution is -2.38. The van der Waals surface area contributed by atoms with Gasteiger partial charge in [0.2, 0.25) is 0 Å². The Morgan fingerprint density at radius 2 is 1.77 bits per heavy atom. The van der Waals surface area contributed by atoms with E-state index >= 15 is 0 Å². The minimum atomic E-state index is -3.42. The van der Waals surface area contributed by atoms with Gasteiger partial charge in [-0.05, 0) is 30.6 Å².